The molecule has 0 atom stereocenters. The predicted octanol–water partition coefficient (Wildman–Crippen LogP) is 3.14. The lowest BCUT2D eigenvalue weighted by Crippen LogP contribution is -1.84. The summed E-state index contributed by atoms with van der Waals surface area (Å²) in [5.74, 6) is 0.899. The van der Waals surface area contributed by atoms with Crippen LogP contribution in [0.5, 0.6) is 5.75 Å². The van der Waals surface area contributed by atoms with Gasteiger partial charge >= 0.3 is 0 Å². The Kier molecular flexibility index (Phi) is 2.27. The zero-order valence-electron chi connectivity index (χ0n) is 8.40. The fourth-order valence-corrected chi connectivity index (χ4v) is 1.56. The van der Waals surface area contributed by atoms with Crippen molar-refractivity contribution in [3.63, 3.8) is 0 Å². The van der Waals surface area contributed by atoms with Gasteiger partial charge in [0.2, 0.25) is 0 Å². The maximum atomic E-state index is 5.16. The van der Waals surface area contributed by atoms with Gasteiger partial charge in [0.15, 0.2) is 0 Å². The van der Waals surface area contributed by atoms with Crippen molar-refractivity contribution in [1.29, 1.82) is 0 Å². The number of methoxy groups -OCH3 is 1. The Balaban J connectivity index is 2.59. The molecule has 1 aromatic carbocycles. The molecule has 0 saturated carbocycles. The van der Waals surface area contributed by atoms with Gasteiger partial charge in [-0.2, -0.15) is 0 Å². The van der Waals surface area contributed by atoms with E-state index in [2.05, 4.69) is 16.7 Å². The van der Waals surface area contributed by atoms with Crippen molar-refractivity contribution in [2.45, 2.75) is 6.92 Å². The van der Waals surface area contributed by atoms with Gasteiger partial charge in [0.05, 0.1) is 12.6 Å². The fraction of sp³-hybridized carbons (Fsp3) is 0.167. The van der Waals surface area contributed by atoms with Gasteiger partial charge in [-0.25, -0.2) is 0 Å². The van der Waals surface area contributed by atoms with E-state index in [1.54, 1.807) is 7.11 Å². The number of hydrogen-bond acceptors (Lipinski definition) is 1. The van der Waals surface area contributed by atoms with Crippen molar-refractivity contribution < 1.29 is 4.74 Å². The molecule has 0 saturated heterocycles. The number of ether oxygens (including phenoxy) is 1. The van der Waals surface area contributed by atoms with Gasteiger partial charge in [0.25, 0.3) is 0 Å². The van der Waals surface area contributed by atoms with Gasteiger partial charge in [-0.05, 0) is 31.2 Å². The highest BCUT2D eigenvalue weighted by Crippen LogP contribution is 2.21. The van der Waals surface area contributed by atoms with Crippen LogP contribution in [0, 0.1) is 0 Å². The Morgan fingerprint density at radius 3 is 2.86 bits per heavy atom. The Morgan fingerprint density at radius 1 is 1.29 bits per heavy atom. The largest absolute Gasteiger partial charge is 0.497 e. The van der Waals surface area contributed by atoms with E-state index in [4.69, 9.17) is 4.74 Å². The average molecular weight is 187 g/mol. The molecule has 14 heavy (non-hydrogen) atoms. The summed E-state index contributed by atoms with van der Waals surface area (Å²) >= 11 is 0. The van der Waals surface area contributed by atoms with Crippen molar-refractivity contribution in [2.24, 2.45) is 0 Å². The Hall–Kier alpha value is -1.70. The highest BCUT2D eigenvalue weighted by molar-refractivity contribution is 5.83. The first-order valence-electron chi connectivity index (χ1n) is 4.62. The predicted molar refractivity (Wildman–Crippen MR) is 59.5 cm³/mol. The molecule has 0 fully saturated rings. The van der Waals surface area contributed by atoms with Crippen LogP contribution < -0.4 is 4.74 Å². The van der Waals surface area contributed by atoms with Crippen LogP contribution in [-0.2, 0) is 0 Å². The number of fused-ring (bicyclic) bond motifs is 1. The van der Waals surface area contributed by atoms with Crippen LogP contribution in [0.15, 0.2) is 36.5 Å². The van der Waals surface area contributed by atoms with E-state index in [1.165, 1.54) is 10.9 Å². The maximum Gasteiger partial charge on any atom is 0.119 e. The van der Waals surface area contributed by atoms with Crippen LogP contribution in [0.2, 0.25) is 0 Å². The van der Waals surface area contributed by atoms with Gasteiger partial charge < -0.3 is 9.30 Å². The molecule has 2 heteroatoms. The summed E-state index contributed by atoms with van der Waals surface area (Å²) in [5, 5.41) is 1.20. The van der Waals surface area contributed by atoms with E-state index in [9.17, 15) is 0 Å². The summed E-state index contributed by atoms with van der Waals surface area (Å²) in [6.07, 6.45) is 6.10. The molecule has 0 N–H and O–H groups in total. The van der Waals surface area contributed by atoms with E-state index in [0.717, 1.165) is 5.75 Å². The summed E-state index contributed by atoms with van der Waals surface area (Å²) in [6, 6.07) is 8.16. The molecule has 0 aliphatic heterocycles. The lowest BCUT2D eigenvalue weighted by atomic mass is 10.2. The van der Waals surface area contributed by atoms with Crippen molar-refractivity contribution >= 4 is 17.1 Å². The van der Waals surface area contributed by atoms with Crippen LogP contribution >= 0.6 is 0 Å². The Bertz CT molecular complexity index is 468. The smallest absolute Gasteiger partial charge is 0.119 e. The Labute approximate surface area is 83.4 Å². The van der Waals surface area contributed by atoms with E-state index >= 15 is 0 Å². The second-order valence-corrected chi connectivity index (χ2v) is 3.13. The minimum Gasteiger partial charge on any atom is -0.497 e. The number of aromatic nitrogens is 1. The molecule has 0 radical (unpaired) electrons. The van der Waals surface area contributed by atoms with E-state index < -0.39 is 0 Å². The third-order valence-corrected chi connectivity index (χ3v) is 2.24. The standard InChI is InChI=1S/C12H13NO/c1-3-7-13-8-6-10-9-11(14-2)4-5-12(10)13/h3-9H,1-2H3/b7-3+. The normalized spacial score (nSPS) is 11.3. The fourth-order valence-electron chi connectivity index (χ4n) is 1.56. The van der Waals surface area contributed by atoms with Crippen molar-refractivity contribution in [2.75, 3.05) is 7.11 Å². The molecular formula is C12H13NO. The number of hydrogen-bond donors (Lipinski definition) is 0. The van der Waals surface area contributed by atoms with Crippen LogP contribution in [-0.4, -0.2) is 11.7 Å². The zero-order chi connectivity index (χ0) is 9.97. The summed E-state index contributed by atoms with van der Waals surface area (Å²) in [7, 11) is 1.68. The Morgan fingerprint density at radius 2 is 2.14 bits per heavy atom. The molecule has 2 aromatic rings. The molecule has 2 rings (SSSR count). The van der Waals surface area contributed by atoms with E-state index in [1.807, 2.05) is 37.5 Å². The first kappa shape index (κ1) is 8.88. The second-order valence-electron chi connectivity index (χ2n) is 3.13. The topological polar surface area (TPSA) is 14.2 Å². The molecule has 0 aliphatic carbocycles. The molecule has 1 heterocycles. The molecule has 0 spiro atoms. The third-order valence-electron chi connectivity index (χ3n) is 2.24. The average Bonchev–Trinajstić information content (AvgIpc) is 2.61. The molecule has 0 unspecified atom stereocenters. The SMILES string of the molecule is C/C=C/n1ccc2cc(OC)ccc21. The number of allylic oxidation sites excluding steroid dienone is 1. The highest BCUT2D eigenvalue weighted by Gasteiger charge is 1.99. The van der Waals surface area contributed by atoms with Gasteiger partial charge in [0, 0.05) is 17.8 Å². The van der Waals surface area contributed by atoms with Gasteiger partial charge in [0.1, 0.15) is 5.75 Å². The van der Waals surface area contributed by atoms with E-state index in [-0.39, 0.29) is 0 Å². The summed E-state index contributed by atoms with van der Waals surface area (Å²) in [4.78, 5) is 0. The van der Waals surface area contributed by atoms with Crippen molar-refractivity contribution in [3.8, 4) is 5.75 Å². The number of rotatable bonds is 2. The quantitative estimate of drug-likeness (QED) is 0.704. The first-order valence-corrected chi connectivity index (χ1v) is 4.62. The minimum atomic E-state index is 0.899. The minimum absolute atomic E-state index is 0.899. The van der Waals surface area contributed by atoms with Gasteiger partial charge in [-0.1, -0.05) is 6.08 Å². The first-order chi connectivity index (χ1) is 6.85. The molecule has 2 nitrogen and oxygen atoms in total. The zero-order valence-corrected chi connectivity index (χ0v) is 8.40. The summed E-state index contributed by atoms with van der Waals surface area (Å²) in [5.41, 5.74) is 1.20. The van der Waals surface area contributed by atoms with E-state index in [0.29, 0.717) is 0 Å². The van der Waals surface area contributed by atoms with Crippen LogP contribution in [0.4, 0.5) is 0 Å². The van der Waals surface area contributed by atoms with Crippen LogP contribution in [0.3, 0.4) is 0 Å². The van der Waals surface area contributed by atoms with Gasteiger partial charge in [-0.3, -0.25) is 0 Å². The molecule has 0 aliphatic rings. The molecule has 0 amide bonds. The number of benzene rings is 1. The van der Waals surface area contributed by atoms with Crippen LogP contribution in [0.25, 0.3) is 17.1 Å². The maximum absolute atomic E-state index is 5.16. The second kappa shape index (κ2) is 3.58. The summed E-state index contributed by atoms with van der Waals surface area (Å²) in [6.45, 7) is 2.01. The highest BCUT2D eigenvalue weighted by atomic mass is 16.5. The van der Waals surface area contributed by atoms with Crippen LogP contribution in [0.1, 0.15) is 6.92 Å². The van der Waals surface area contributed by atoms with Crippen molar-refractivity contribution in [3.05, 3.63) is 36.5 Å². The summed E-state index contributed by atoms with van der Waals surface area (Å²) < 4.78 is 7.26. The lowest BCUT2D eigenvalue weighted by Gasteiger charge is -2.00. The van der Waals surface area contributed by atoms with Crippen molar-refractivity contribution in [1.82, 2.24) is 4.57 Å². The lowest BCUT2D eigenvalue weighted by molar-refractivity contribution is 0.415. The molecule has 72 valence electrons. The molecular weight excluding hydrogens is 174 g/mol. The third kappa shape index (κ3) is 1.39. The molecule has 0 bridgehead atoms. The van der Waals surface area contributed by atoms with Gasteiger partial charge in [-0.15, -0.1) is 0 Å². The molecule has 1 aromatic heterocycles. The number of nitrogens with zero attached hydrogens (tertiary/aromatic N) is 1. The monoisotopic (exact) mass is 187 g/mol.